The molecule has 0 bridgehead atoms. The summed E-state index contributed by atoms with van der Waals surface area (Å²) in [6.45, 7) is 0. The van der Waals surface area contributed by atoms with E-state index in [0.717, 1.165) is 12.1 Å². The van der Waals surface area contributed by atoms with Crippen molar-refractivity contribution in [2.75, 3.05) is 0 Å². The zero-order chi connectivity index (χ0) is 14.9. The third-order valence-electron chi connectivity index (χ3n) is 2.59. The summed E-state index contributed by atoms with van der Waals surface area (Å²) in [5, 5.41) is 28.3. The summed E-state index contributed by atoms with van der Waals surface area (Å²) < 4.78 is 17.6. The van der Waals surface area contributed by atoms with Gasteiger partial charge in [-0.2, -0.15) is 0 Å². The van der Waals surface area contributed by atoms with Crippen molar-refractivity contribution in [3.8, 4) is 5.75 Å². The van der Waals surface area contributed by atoms with Crippen LogP contribution in [-0.2, 0) is 0 Å². The fourth-order valence-corrected chi connectivity index (χ4v) is 1.59. The number of carboxylic acid groups (broad SMARTS) is 1. The van der Waals surface area contributed by atoms with E-state index in [1.165, 1.54) is 12.1 Å². The standard InChI is InChI=1S/C13H9FO6/c14-7-3-1-6(2-4-7)10(16)12-11(17)8(15)5-9(20-12)13(18)19/h1-5,10,16-17H,(H,18,19). The van der Waals surface area contributed by atoms with Crippen molar-refractivity contribution >= 4 is 5.97 Å². The molecule has 1 heterocycles. The summed E-state index contributed by atoms with van der Waals surface area (Å²) in [7, 11) is 0. The fraction of sp³-hybridized carbons (Fsp3) is 0.0769. The number of aromatic hydroxyl groups is 1. The van der Waals surface area contributed by atoms with E-state index in [2.05, 4.69) is 0 Å². The van der Waals surface area contributed by atoms with Crippen molar-refractivity contribution in [2.24, 2.45) is 0 Å². The number of aliphatic hydroxyl groups excluding tert-OH is 1. The lowest BCUT2D eigenvalue weighted by Crippen LogP contribution is -2.11. The van der Waals surface area contributed by atoms with Crippen LogP contribution >= 0.6 is 0 Å². The van der Waals surface area contributed by atoms with Gasteiger partial charge in [-0.3, -0.25) is 4.79 Å². The number of aromatic carboxylic acids is 1. The number of carbonyl (C=O) groups is 1. The van der Waals surface area contributed by atoms with E-state index in [-0.39, 0.29) is 5.56 Å². The number of benzene rings is 1. The monoisotopic (exact) mass is 280 g/mol. The van der Waals surface area contributed by atoms with Crippen LogP contribution in [0.1, 0.15) is 28.0 Å². The Labute approximate surface area is 111 Å². The summed E-state index contributed by atoms with van der Waals surface area (Å²) in [5.74, 6) is -4.28. The maximum absolute atomic E-state index is 12.8. The van der Waals surface area contributed by atoms with E-state index >= 15 is 0 Å². The largest absolute Gasteiger partial charge is 0.502 e. The molecule has 1 aromatic carbocycles. The molecular formula is C13H9FO6. The second kappa shape index (κ2) is 5.14. The highest BCUT2D eigenvalue weighted by Crippen LogP contribution is 2.27. The van der Waals surface area contributed by atoms with Crippen molar-refractivity contribution in [1.29, 1.82) is 0 Å². The third-order valence-corrected chi connectivity index (χ3v) is 2.59. The van der Waals surface area contributed by atoms with E-state index in [1.807, 2.05) is 0 Å². The van der Waals surface area contributed by atoms with E-state index in [1.54, 1.807) is 0 Å². The molecule has 0 aliphatic carbocycles. The van der Waals surface area contributed by atoms with Gasteiger partial charge in [0.2, 0.25) is 16.9 Å². The SMILES string of the molecule is O=C(O)c1cc(=O)c(O)c(C(O)c2ccc(F)cc2)o1. The van der Waals surface area contributed by atoms with Crippen LogP contribution in [-0.4, -0.2) is 21.3 Å². The van der Waals surface area contributed by atoms with Gasteiger partial charge in [0, 0.05) is 6.07 Å². The molecule has 1 unspecified atom stereocenters. The van der Waals surface area contributed by atoms with Crippen molar-refractivity contribution in [3.63, 3.8) is 0 Å². The van der Waals surface area contributed by atoms with Gasteiger partial charge in [-0.15, -0.1) is 0 Å². The van der Waals surface area contributed by atoms with Crippen molar-refractivity contribution < 1.29 is 28.9 Å². The predicted octanol–water partition coefficient (Wildman–Crippen LogP) is 1.26. The quantitative estimate of drug-likeness (QED) is 0.781. The van der Waals surface area contributed by atoms with Gasteiger partial charge in [-0.05, 0) is 17.7 Å². The molecule has 3 N–H and O–H groups in total. The van der Waals surface area contributed by atoms with Crippen LogP contribution in [0.4, 0.5) is 4.39 Å². The van der Waals surface area contributed by atoms with Crippen LogP contribution in [0, 0.1) is 5.82 Å². The Balaban J connectivity index is 2.53. The Kier molecular flexibility index (Phi) is 3.53. The van der Waals surface area contributed by atoms with Crippen LogP contribution in [0.25, 0.3) is 0 Å². The molecule has 0 radical (unpaired) electrons. The topological polar surface area (TPSA) is 108 Å². The van der Waals surface area contributed by atoms with Crippen LogP contribution in [0.3, 0.4) is 0 Å². The molecule has 0 aliphatic heterocycles. The summed E-state index contributed by atoms with van der Waals surface area (Å²) in [5.41, 5.74) is -0.864. The molecule has 0 saturated carbocycles. The molecule has 104 valence electrons. The Hall–Kier alpha value is -2.67. The average molecular weight is 280 g/mol. The summed E-state index contributed by atoms with van der Waals surface area (Å²) >= 11 is 0. The molecular weight excluding hydrogens is 271 g/mol. The minimum atomic E-state index is -1.59. The molecule has 0 saturated heterocycles. The van der Waals surface area contributed by atoms with Gasteiger partial charge < -0.3 is 19.7 Å². The average Bonchev–Trinajstić information content (AvgIpc) is 2.41. The predicted molar refractivity (Wildman–Crippen MR) is 64.1 cm³/mol. The normalized spacial score (nSPS) is 12.1. The van der Waals surface area contributed by atoms with Gasteiger partial charge in [0.1, 0.15) is 11.9 Å². The van der Waals surface area contributed by atoms with E-state index < -0.39 is 40.6 Å². The summed E-state index contributed by atoms with van der Waals surface area (Å²) in [6, 6.07) is 5.15. The highest BCUT2D eigenvalue weighted by molar-refractivity contribution is 5.84. The Bertz CT molecular complexity index is 704. The smallest absolute Gasteiger partial charge is 0.371 e. The number of halogens is 1. The van der Waals surface area contributed by atoms with Gasteiger partial charge in [0.25, 0.3) is 0 Å². The van der Waals surface area contributed by atoms with Gasteiger partial charge in [0.05, 0.1) is 0 Å². The summed E-state index contributed by atoms with van der Waals surface area (Å²) in [4.78, 5) is 22.2. The highest BCUT2D eigenvalue weighted by Gasteiger charge is 2.23. The first kappa shape index (κ1) is 13.8. The first-order valence-corrected chi connectivity index (χ1v) is 5.44. The molecule has 0 spiro atoms. The molecule has 20 heavy (non-hydrogen) atoms. The Morgan fingerprint density at radius 2 is 1.85 bits per heavy atom. The van der Waals surface area contributed by atoms with Crippen LogP contribution in [0.5, 0.6) is 5.75 Å². The molecule has 1 aromatic heterocycles. The van der Waals surface area contributed by atoms with Crippen LogP contribution in [0.2, 0.25) is 0 Å². The first-order valence-electron chi connectivity index (χ1n) is 5.44. The fourth-order valence-electron chi connectivity index (χ4n) is 1.59. The number of rotatable bonds is 3. The zero-order valence-electron chi connectivity index (χ0n) is 9.91. The Morgan fingerprint density at radius 1 is 1.25 bits per heavy atom. The van der Waals surface area contributed by atoms with Crippen molar-refractivity contribution in [2.45, 2.75) is 6.10 Å². The molecule has 2 aromatic rings. The van der Waals surface area contributed by atoms with Gasteiger partial charge in [-0.25, -0.2) is 9.18 Å². The molecule has 6 nitrogen and oxygen atoms in total. The van der Waals surface area contributed by atoms with Gasteiger partial charge in [0.15, 0.2) is 5.76 Å². The van der Waals surface area contributed by atoms with Gasteiger partial charge >= 0.3 is 5.97 Å². The molecule has 1 atom stereocenters. The Morgan fingerprint density at radius 3 is 2.40 bits per heavy atom. The number of hydrogen-bond acceptors (Lipinski definition) is 5. The molecule has 0 fully saturated rings. The first-order chi connectivity index (χ1) is 9.40. The number of aliphatic hydroxyl groups is 1. The number of hydrogen-bond donors (Lipinski definition) is 3. The van der Waals surface area contributed by atoms with E-state index in [9.17, 15) is 24.2 Å². The minimum Gasteiger partial charge on any atom is -0.502 e. The highest BCUT2D eigenvalue weighted by atomic mass is 19.1. The van der Waals surface area contributed by atoms with Crippen molar-refractivity contribution in [1.82, 2.24) is 0 Å². The third kappa shape index (κ3) is 2.52. The van der Waals surface area contributed by atoms with Gasteiger partial charge in [-0.1, -0.05) is 12.1 Å². The lowest BCUT2D eigenvalue weighted by Gasteiger charge is -2.11. The second-order valence-corrected chi connectivity index (χ2v) is 3.95. The van der Waals surface area contributed by atoms with E-state index in [0.29, 0.717) is 6.07 Å². The second-order valence-electron chi connectivity index (χ2n) is 3.95. The van der Waals surface area contributed by atoms with Crippen LogP contribution < -0.4 is 5.43 Å². The molecule has 7 heteroatoms. The van der Waals surface area contributed by atoms with Crippen molar-refractivity contribution in [3.05, 3.63) is 63.5 Å². The lowest BCUT2D eigenvalue weighted by molar-refractivity contribution is 0.0648. The minimum absolute atomic E-state index is 0.132. The maximum Gasteiger partial charge on any atom is 0.371 e. The molecule has 0 aliphatic rings. The zero-order valence-corrected chi connectivity index (χ0v) is 9.91. The lowest BCUT2D eigenvalue weighted by atomic mass is 10.1. The molecule has 2 rings (SSSR count). The summed E-state index contributed by atoms with van der Waals surface area (Å²) in [6.07, 6.45) is -1.59. The van der Waals surface area contributed by atoms with E-state index in [4.69, 9.17) is 9.52 Å². The van der Waals surface area contributed by atoms with Crippen LogP contribution in [0.15, 0.2) is 39.5 Å². The maximum atomic E-state index is 12.8. The number of carboxylic acids is 1. The molecule has 0 amide bonds.